The maximum atomic E-state index is 12.6. The fraction of sp³-hybridized carbons (Fsp3) is 0.200. The highest BCUT2D eigenvalue weighted by Crippen LogP contribution is 2.36. The molecule has 1 heterocycles. The van der Waals surface area contributed by atoms with Gasteiger partial charge in [-0.3, -0.25) is 10.1 Å². The fourth-order valence-corrected chi connectivity index (χ4v) is 2.99. The Bertz CT molecular complexity index is 877. The lowest BCUT2D eigenvalue weighted by molar-refractivity contribution is 0.102. The molecule has 2 aromatic carbocycles. The minimum atomic E-state index is -0.357. The zero-order chi connectivity index (χ0) is 16.4. The standard InChI is InChI=1S/C15H14BrN5O2/c1-3-21-19-15(18-20-21)17-14(22)11-8-9-6-4-5-7-10(9)12(16)13(11)23-2/h4-8H,3H2,1-2H3,(H,17,19,22). The van der Waals surface area contributed by atoms with Gasteiger partial charge in [0.2, 0.25) is 0 Å². The number of aryl methyl sites for hydroxylation is 1. The van der Waals surface area contributed by atoms with Gasteiger partial charge in [-0.2, -0.15) is 4.80 Å². The minimum Gasteiger partial charge on any atom is -0.495 e. The topological polar surface area (TPSA) is 81.9 Å². The summed E-state index contributed by atoms with van der Waals surface area (Å²) in [4.78, 5) is 14.0. The summed E-state index contributed by atoms with van der Waals surface area (Å²) in [5, 5.41) is 16.2. The van der Waals surface area contributed by atoms with Crippen molar-refractivity contribution in [2.24, 2.45) is 0 Å². The molecule has 7 nitrogen and oxygen atoms in total. The Morgan fingerprint density at radius 3 is 2.87 bits per heavy atom. The summed E-state index contributed by atoms with van der Waals surface area (Å²) < 4.78 is 6.13. The second-order valence-corrected chi connectivity index (χ2v) is 5.54. The first-order valence-corrected chi connectivity index (χ1v) is 7.77. The van der Waals surface area contributed by atoms with Gasteiger partial charge in [0.1, 0.15) is 5.75 Å². The molecule has 8 heteroatoms. The van der Waals surface area contributed by atoms with Crippen LogP contribution in [0.5, 0.6) is 5.75 Å². The van der Waals surface area contributed by atoms with Crippen LogP contribution in [0.15, 0.2) is 34.8 Å². The second-order valence-electron chi connectivity index (χ2n) is 4.75. The molecule has 1 aromatic heterocycles. The zero-order valence-corrected chi connectivity index (χ0v) is 14.2. The maximum absolute atomic E-state index is 12.6. The average molecular weight is 376 g/mol. The van der Waals surface area contributed by atoms with Crippen molar-refractivity contribution in [3.05, 3.63) is 40.4 Å². The number of hydrogen-bond acceptors (Lipinski definition) is 5. The Hall–Kier alpha value is -2.48. The molecule has 1 amide bonds. The van der Waals surface area contributed by atoms with Crippen LogP contribution in [0.3, 0.4) is 0 Å². The number of benzene rings is 2. The molecule has 0 saturated carbocycles. The van der Waals surface area contributed by atoms with Gasteiger partial charge in [-0.15, -0.1) is 5.10 Å². The molecule has 0 fully saturated rings. The van der Waals surface area contributed by atoms with Crippen LogP contribution in [-0.4, -0.2) is 33.2 Å². The number of nitrogens with zero attached hydrogens (tertiary/aromatic N) is 4. The molecular weight excluding hydrogens is 362 g/mol. The highest BCUT2D eigenvalue weighted by atomic mass is 79.9. The number of ether oxygens (including phenoxy) is 1. The lowest BCUT2D eigenvalue weighted by Crippen LogP contribution is -2.15. The van der Waals surface area contributed by atoms with Gasteiger partial charge in [0, 0.05) is 0 Å². The van der Waals surface area contributed by atoms with Crippen molar-refractivity contribution in [2.75, 3.05) is 12.4 Å². The van der Waals surface area contributed by atoms with E-state index in [-0.39, 0.29) is 11.9 Å². The second kappa shape index (κ2) is 6.33. The molecule has 0 bridgehead atoms. The highest BCUT2D eigenvalue weighted by Gasteiger charge is 2.19. The van der Waals surface area contributed by atoms with E-state index in [1.54, 1.807) is 6.07 Å². The highest BCUT2D eigenvalue weighted by molar-refractivity contribution is 9.10. The summed E-state index contributed by atoms with van der Waals surface area (Å²) in [6.07, 6.45) is 0. The van der Waals surface area contributed by atoms with Crippen molar-refractivity contribution in [1.82, 2.24) is 20.2 Å². The van der Waals surface area contributed by atoms with E-state index < -0.39 is 0 Å². The first-order chi connectivity index (χ1) is 11.1. The molecule has 0 aliphatic rings. The number of carbonyl (C=O) groups is 1. The molecule has 3 aromatic rings. The van der Waals surface area contributed by atoms with Gasteiger partial charge in [-0.1, -0.05) is 29.4 Å². The minimum absolute atomic E-state index is 0.156. The number of methoxy groups -OCH3 is 1. The van der Waals surface area contributed by atoms with Crippen LogP contribution in [0.25, 0.3) is 10.8 Å². The normalized spacial score (nSPS) is 10.7. The Labute approximate surface area is 140 Å². The summed E-state index contributed by atoms with van der Waals surface area (Å²) >= 11 is 3.51. The summed E-state index contributed by atoms with van der Waals surface area (Å²) in [6, 6.07) is 9.51. The van der Waals surface area contributed by atoms with Crippen molar-refractivity contribution in [3.8, 4) is 5.75 Å². The monoisotopic (exact) mass is 375 g/mol. The van der Waals surface area contributed by atoms with Crippen molar-refractivity contribution < 1.29 is 9.53 Å². The number of amides is 1. The van der Waals surface area contributed by atoms with Gasteiger partial charge >= 0.3 is 0 Å². The third-order valence-electron chi connectivity index (χ3n) is 3.35. The SMILES string of the molecule is CCn1nnc(NC(=O)c2cc3ccccc3c(Br)c2OC)n1. The zero-order valence-electron chi connectivity index (χ0n) is 12.6. The Kier molecular flexibility index (Phi) is 4.24. The van der Waals surface area contributed by atoms with Crippen molar-refractivity contribution in [2.45, 2.75) is 13.5 Å². The predicted molar refractivity (Wildman–Crippen MR) is 89.6 cm³/mol. The van der Waals surface area contributed by atoms with E-state index in [1.165, 1.54) is 11.9 Å². The van der Waals surface area contributed by atoms with Crippen LogP contribution in [0, 0.1) is 0 Å². The number of tetrazole rings is 1. The molecule has 0 aliphatic carbocycles. The van der Waals surface area contributed by atoms with Crippen LogP contribution in [0.2, 0.25) is 0 Å². The van der Waals surface area contributed by atoms with Gasteiger partial charge in [0.15, 0.2) is 0 Å². The Balaban J connectivity index is 2.02. The summed E-state index contributed by atoms with van der Waals surface area (Å²) in [7, 11) is 1.53. The molecular formula is C15H14BrN5O2. The number of hydrogen-bond donors (Lipinski definition) is 1. The largest absolute Gasteiger partial charge is 0.495 e. The van der Waals surface area contributed by atoms with Crippen molar-refractivity contribution >= 4 is 38.6 Å². The number of fused-ring (bicyclic) bond motifs is 1. The number of rotatable bonds is 4. The number of halogens is 1. The van der Waals surface area contributed by atoms with E-state index >= 15 is 0 Å². The summed E-state index contributed by atoms with van der Waals surface area (Å²) in [6.45, 7) is 2.46. The van der Waals surface area contributed by atoms with Gasteiger partial charge in [-0.25, -0.2) is 0 Å². The van der Waals surface area contributed by atoms with E-state index in [4.69, 9.17) is 4.74 Å². The molecule has 118 valence electrons. The third kappa shape index (κ3) is 2.89. The molecule has 0 saturated heterocycles. The third-order valence-corrected chi connectivity index (χ3v) is 4.14. The maximum Gasteiger partial charge on any atom is 0.270 e. The van der Waals surface area contributed by atoms with Gasteiger partial charge in [0.05, 0.1) is 23.7 Å². The first kappa shape index (κ1) is 15.4. The smallest absolute Gasteiger partial charge is 0.270 e. The molecule has 0 spiro atoms. The van der Waals surface area contributed by atoms with Crippen LogP contribution in [0.1, 0.15) is 17.3 Å². The molecule has 3 rings (SSSR count). The van der Waals surface area contributed by atoms with E-state index in [2.05, 4.69) is 36.7 Å². The summed E-state index contributed by atoms with van der Waals surface area (Å²) in [5.74, 6) is 0.260. The van der Waals surface area contributed by atoms with Crippen molar-refractivity contribution in [1.29, 1.82) is 0 Å². The van der Waals surface area contributed by atoms with Crippen LogP contribution in [-0.2, 0) is 6.54 Å². The number of aromatic nitrogens is 4. The lowest BCUT2D eigenvalue weighted by Gasteiger charge is -2.12. The number of nitrogens with one attached hydrogen (secondary N) is 1. The van der Waals surface area contributed by atoms with Gasteiger partial charge in [-0.05, 0) is 44.9 Å². The quantitative estimate of drug-likeness (QED) is 0.757. The van der Waals surface area contributed by atoms with Crippen molar-refractivity contribution in [3.63, 3.8) is 0 Å². The summed E-state index contributed by atoms with van der Waals surface area (Å²) in [5.41, 5.74) is 0.394. The number of anilines is 1. The fourth-order valence-electron chi connectivity index (χ4n) is 2.25. The van der Waals surface area contributed by atoms with E-state index in [1.807, 2.05) is 31.2 Å². The predicted octanol–water partition coefficient (Wildman–Crippen LogP) is 2.87. The van der Waals surface area contributed by atoms with Gasteiger partial charge < -0.3 is 4.74 Å². The molecule has 0 aliphatic heterocycles. The van der Waals surface area contributed by atoms with E-state index in [0.29, 0.717) is 17.9 Å². The lowest BCUT2D eigenvalue weighted by atomic mass is 10.1. The Morgan fingerprint density at radius 2 is 2.17 bits per heavy atom. The van der Waals surface area contributed by atoms with E-state index in [0.717, 1.165) is 15.2 Å². The Morgan fingerprint density at radius 1 is 1.39 bits per heavy atom. The molecule has 1 N–H and O–H groups in total. The van der Waals surface area contributed by atoms with E-state index in [9.17, 15) is 4.79 Å². The first-order valence-electron chi connectivity index (χ1n) is 6.98. The molecule has 0 radical (unpaired) electrons. The molecule has 0 atom stereocenters. The molecule has 0 unspecified atom stereocenters. The number of carbonyl (C=O) groups excluding carboxylic acids is 1. The van der Waals surface area contributed by atoms with Crippen LogP contribution >= 0.6 is 15.9 Å². The van der Waals surface area contributed by atoms with Gasteiger partial charge in [0.25, 0.3) is 11.9 Å². The molecule has 23 heavy (non-hydrogen) atoms. The average Bonchev–Trinajstić information content (AvgIpc) is 3.02. The van der Waals surface area contributed by atoms with Crippen LogP contribution in [0.4, 0.5) is 5.95 Å². The van der Waals surface area contributed by atoms with Crippen LogP contribution < -0.4 is 10.1 Å².